The third-order valence-electron chi connectivity index (χ3n) is 26.5. The second kappa shape index (κ2) is 43.3. The zero-order valence-electron chi connectivity index (χ0n) is 82.8. The minimum atomic E-state index is 0. The van der Waals surface area contributed by atoms with Crippen molar-refractivity contribution < 1.29 is 60.3 Å². The molecule has 0 saturated carbocycles. The number of hydrogen-bond donors (Lipinski definition) is 0. The number of benzene rings is 15. The van der Waals surface area contributed by atoms with Crippen LogP contribution in [0.4, 0.5) is 17.1 Å². The fraction of sp³-hybridized carbons (Fsp3) is 0.195. The van der Waals surface area contributed by atoms with Crippen LogP contribution in [0, 0.1) is 56.4 Å². The second-order valence-electron chi connectivity index (χ2n) is 37.9. The largest absolute Gasteiger partial charge is 3.00 e. The molecule has 0 saturated heterocycles. The summed E-state index contributed by atoms with van der Waals surface area (Å²) in [5.74, 6) is 5.52. The van der Waals surface area contributed by atoms with Gasteiger partial charge in [0, 0.05) is 113 Å². The number of fused-ring (bicyclic) bond motifs is 21. The minimum absolute atomic E-state index is 0. The maximum absolute atomic E-state index is 5.35. The Morgan fingerprint density at radius 1 is 0.262 bits per heavy atom. The van der Waals surface area contributed by atoms with Gasteiger partial charge in [0.1, 0.15) is 17.5 Å². The van der Waals surface area contributed by atoms with Gasteiger partial charge in [-0.1, -0.05) is 194 Å². The average Bonchev–Trinajstić information content (AvgIpc) is 1.01. The van der Waals surface area contributed by atoms with Crippen LogP contribution < -0.4 is 14.7 Å². The van der Waals surface area contributed by atoms with Crippen LogP contribution in [0.2, 0.25) is 0 Å². The molecule has 15 aromatic carbocycles. The van der Waals surface area contributed by atoms with Gasteiger partial charge in [-0.05, 0) is 196 Å². The molecule has 141 heavy (non-hydrogen) atoms. The fourth-order valence-electron chi connectivity index (χ4n) is 19.7. The molecule has 0 atom stereocenters. The summed E-state index contributed by atoms with van der Waals surface area (Å²) in [7, 11) is 12.5. The molecule has 24 rings (SSSR count). The number of rotatable bonds is 12. The molecule has 0 bridgehead atoms. The minimum Gasteiger partial charge on any atom is -0.510 e. The van der Waals surface area contributed by atoms with Crippen molar-refractivity contribution in [3.05, 3.63) is 401 Å². The van der Waals surface area contributed by atoms with Gasteiger partial charge in [-0.2, -0.15) is 111 Å². The predicted molar refractivity (Wildman–Crippen MR) is 577 cm³/mol. The van der Waals surface area contributed by atoms with Gasteiger partial charge in [-0.15, -0.1) is 106 Å². The van der Waals surface area contributed by atoms with Crippen molar-refractivity contribution in [1.29, 1.82) is 0 Å². The van der Waals surface area contributed by atoms with Gasteiger partial charge < -0.3 is 43.1 Å². The molecular weight excluding hydrogens is 2260 g/mol. The molecule has 21 aromatic rings. The summed E-state index contributed by atoms with van der Waals surface area (Å²) in [5.41, 5.74) is 22.6. The molecular formula is C123H114Ir3N15. The Kier molecular flexibility index (Phi) is 30.8. The van der Waals surface area contributed by atoms with Crippen LogP contribution >= 0.6 is 0 Å². The maximum atomic E-state index is 5.35. The van der Waals surface area contributed by atoms with Gasteiger partial charge >= 0.3 is 60.3 Å². The molecule has 0 unspecified atom stereocenters. The van der Waals surface area contributed by atoms with Gasteiger partial charge in [0.2, 0.25) is 0 Å². The van der Waals surface area contributed by atoms with Crippen LogP contribution in [0.15, 0.2) is 311 Å². The number of aromatic nitrogens is 9. The SMILES string of the molecule is CC(C)c1cccc(C(C)C)c1-c1nc2c3[c-]cccc3c3cc4cccnc4cc3c2n1C.CC(C)c1cccc(C(C)C)c1-c1nc2c3[c-]cccc3c3cc4ccncc4cc3c2n1C.CC(C)c1cccc(C(C)C)c1-c1nc2c3[c-]cccc3c3cc4cnccc4cc3c2n1C.CN1C=CN(c2[c-]cccc2)[CH-]1.CN1C=CN(c2[c-]cccc2)[CH-]1.CN1C=CN(c2[c-]cccc2)[CH-]1.[Ir+3].[Ir+3].[Ir+3]. The molecule has 3 aliphatic heterocycles. The van der Waals surface area contributed by atoms with E-state index < -0.39 is 0 Å². The van der Waals surface area contributed by atoms with Gasteiger partial charge in [0.15, 0.2) is 0 Å². The van der Waals surface area contributed by atoms with Crippen LogP contribution in [0.5, 0.6) is 0 Å². The van der Waals surface area contributed by atoms with Gasteiger partial charge in [-0.3, -0.25) is 29.9 Å². The third-order valence-corrected chi connectivity index (χ3v) is 26.5. The molecule has 0 amide bonds. The van der Waals surface area contributed by atoms with Crippen LogP contribution in [0.1, 0.15) is 152 Å². The summed E-state index contributed by atoms with van der Waals surface area (Å²) < 4.78 is 6.89. The Hall–Kier alpha value is -13.5. The number of nitrogens with zero attached hydrogens (tertiary/aromatic N) is 15. The van der Waals surface area contributed by atoms with E-state index in [2.05, 4.69) is 315 Å². The van der Waals surface area contributed by atoms with Gasteiger partial charge in [-0.25, -0.2) is 0 Å². The van der Waals surface area contributed by atoms with E-state index in [4.69, 9.17) is 15.0 Å². The number of anilines is 3. The first-order valence-corrected chi connectivity index (χ1v) is 47.7. The number of pyridine rings is 3. The first kappa shape index (κ1) is 100. The van der Waals surface area contributed by atoms with Crippen LogP contribution in [-0.2, 0) is 81.5 Å². The molecule has 3 aliphatic rings. The second-order valence-corrected chi connectivity index (χ2v) is 37.9. The Bertz CT molecular complexity index is 7380. The van der Waals surface area contributed by atoms with Gasteiger partial charge in [0.25, 0.3) is 0 Å². The van der Waals surface area contributed by atoms with E-state index in [9.17, 15) is 0 Å². The molecule has 708 valence electrons. The Morgan fingerprint density at radius 3 is 0.865 bits per heavy atom. The van der Waals surface area contributed by atoms with E-state index in [0.717, 1.165) is 105 Å². The topological polar surface area (TPSA) is 112 Å². The zero-order chi connectivity index (χ0) is 95.8. The summed E-state index contributed by atoms with van der Waals surface area (Å²) in [6.45, 7) is 33.2. The summed E-state index contributed by atoms with van der Waals surface area (Å²) >= 11 is 0. The normalized spacial score (nSPS) is 12.9. The first-order chi connectivity index (χ1) is 66.9. The van der Waals surface area contributed by atoms with E-state index in [1.54, 1.807) is 0 Å². The van der Waals surface area contributed by atoms with E-state index in [-0.39, 0.29) is 60.3 Å². The van der Waals surface area contributed by atoms with Crippen molar-refractivity contribution in [3.8, 4) is 34.2 Å². The zero-order valence-corrected chi connectivity index (χ0v) is 90.0. The van der Waals surface area contributed by atoms with E-state index in [0.29, 0.717) is 35.5 Å². The first-order valence-electron chi connectivity index (χ1n) is 47.7. The van der Waals surface area contributed by atoms with Crippen molar-refractivity contribution in [2.24, 2.45) is 21.1 Å². The molecule has 0 radical (unpaired) electrons. The Morgan fingerprint density at radius 2 is 0.560 bits per heavy atom. The number of hydrogen-bond acceptors (Lipinski definition) is 12. The molecule has 18 heteroatoms. The third kappa shape index (κ3) is 19.9. The van der Waals surface area contributed by atoms with Crippen molar-refractivity contribution >= 4 is 147 Å². The van der Waals surface area contributed by atoms with Crippen molar-refractivity contribution in [3.63, 3.8) is 0 Å². The Balaban J connectivity index is 0.000000128. The summed E-state index contributed by atoms with van der Waals surface area (Å²) in [6.07, 6.45) is 21.5. The summed E-state index contributed by atoms with van der Waals surface area (Å²) in [5, 5.41) is 19.9. The van der Waals surface area contributed by atoms with Gasteiger partial charge in [0.05, 0.1) is 5.52 Å². The standard InChI is InChI=1S/3C31H28N3.3C10H10N2.3Ir/c1-18(2)21-13-8-14-22(19(3)4)28(21)31-33-29-24-12-7-6-11-23(24)25-16-20-10-9-15-32-27(20)17-26(25)30(29)34(31)5;1-18(2)22-11-8-12-23(19(3)4)28(22)31-33-29-25-10-7-6-9-24(25)26-16-21-17-32-14-13-20(21)15-27(26)30(29)34(31)5;1-18(2)22-11-8-12-23(19(3)4)28(22)31-33-29-25-10-7-6-9-24(25)26-15-20-13-14-32-17-21(20)16-27(26)30(29)34(31)5;3*1-11-7-8-12(9-11)10-5-3-2-4-6-10;;;/h6-11,13-19H,1-5H3;2*6-9,11-19H,1-5H3;3*2-5,7-9H,1H3;;;/q3*-1;3*-2;3*+3. The van der Waals surface area contributed by atoms with Crippen LogP contribution in [0.25, 0.3) is 164 Å². The van der Waals surface area contributed by atoms with Crippen LogP contribution in [-0.4, -0.2) is 79.4 Å². The Labute approximate surface area is 869 Å². The molecule has 0 aliphatic carbocycles. The monoisotopic (exact) mass is 2380 g/mol. The average molecular weight is 2380 g/mol. The van der Waals surface area contributed by atoms with Crippen molar-refractivity contribution in [1.82, 2.24) is 58.3 Å². The predicted octanol–water partition coefficient (Wildman–Crippen LogP) is 29.9. The number of aryl methyl sites for hydroxylation is 3. The molecule has 0 fully saturated rings. The van der Waals surface area contributed by atoms with E-state index in [1.165, 1.54) is 109 Å². The summed E-state index contributed by atoms with van der Waals surface area (Å²) in [4.78, 5) is 41.5. The maximum Gasteiger partial charge on any atom is 3.00 e. The molecule has 9 heterocycles. The fourth-order valence-corrected chi connectivity index (χ4v) is 19.7. The van der Waals surface area contributed by atoms with Crippen molar-refractivity contribution in [2.45, 2.75) is 119 Å². The van der Waals surface area contributed by atoms with Crippen molar-refractivity contribution in [2.75, 3.05) is 35.8 Å². The number of para-hydroxylation sites is 3. The molecule has 0 N–H and O–H groups in total. The van der Waals surface area contributed by atoms with E-state index in [1.807, 2.05) is 236 Å². The number of imidazole rings is 3. The molecule has 6 aromatic heterocycles. The summed E-state index contributed by atoms with van der Waals surface area (Å²) in [6, 6.07) is 104. The molecule has 15 nitrogen and oxygen atoms in total. The van der Waals surface area contributed by atoms with Crippen LogP contribution in [0.3, 0.4) is 0 Å². The van der Waals surface area contributed by atoms with E-state index >= 15 is 0 Å². The molecule has 0 spiro atoms. The smallest absolute Gasteiger partial charge is 0.510 e. The quantitative estimate of drug-likeness (QED) is 0.0659.